The SMILES string of the molecule is CCCCCCNS(=O)(=O)CCC1CCCCN1. The van der Waals surface area contributed by atoms with Crippen LogP contribution in [0.1, 0.15) is 58.3 Å². The number of hydrogen-bond donors (Lipinski definition) is 2. The van der Waals surface area contributed by atoms with E-state index in [0.717, 1.165) is 32.2 Å². The minimum absolute atomic E-state index is 0.262. The molecule has 108 valence electrons. The van der Waals surface area contributed by atoms with Crippen LogP contribution in [-0.4, -0.2) is 33.3 Å². The topological polar surface area (TPSA) is 58.2 Å². The van der Waals surface area contributed by atoms with E-state index in [2.05, 4.69) is 17.0 Å². The quantitative estimate of drug-likeness (QED) is 0.633. The Kier molecular flexibility index (Phi) is 7.86. The fraction of sp³-hybridized carbons (Fsp3) is 1.00. The predicted molar refractivity (Wildman–Crippen MR) is 76.2 cm³/mol. The van der Waals surface area contributed by atoms with Gasteiger partial charge >= 0.3 is 0 Å². The molecule has 0 aromatic carbocycles. The Morgan fingerprint density at radius 1 is 1.22 bits per heavy atom. The molecule has 5 heteroatoms. The maximum absolute atomic E-state index is 11.8. The van der Waals surface area contributed by atoms with E-state index in [9.17, 15) is 8.42 Å². The summed E-state index contributed by atoms with van der Waals surface area (Å²) in [6.45, 7) is 3.79. The molecule has 4 nitrogen and oxygen atoms in total. The first kappa shape index (κ1) is 15.9. The molecule has 0 amide bonds. The van der Waals surface area contributed by atoms with Crippen LogP contribution in [0.4, 0.5) is 0 Å². The van der Waals surface area contributed by atoms with Crippen molar-refractivity contribution in [3.8, 4) is 0 Å². The van der Waals surface area contributed by atoms with E-state index in [-0.39, 0.29) is 5.75 Å². The highest BCUT2D eigenvalue weighted by molar-refractivity contribution is 7.89. The summed E-state index contributed by atoms with van der Waals surface area (Å²) in [6, 6.07) is 0.399. The van der Waals surface area contributed by atoms with E-state index in [4.69, 9.17) is 0 Å². The summed E-state index contributed by atoms with van der Waals surface area (Å²) in [5.41, 5.74) is 0. The molecule has 0 aliphatic carbocycles. The first-order valence-electron chi connectivity index (χ1n) is 7.35. The molecule has 1 saturated heterocycles. The first-order chi connectivity index (χ1) is 8.64. The number of hydrogen-bond acceptors (Lipinski definition) is 3. The number of sulfonamides is 1. The first-order valence-corrected chi connectivity index (χ1v) is 9.00. The van der Waals surface area contributed by atoms with E-state index in [0.29, 0.717) is 12.6 Å². The van der Waals surface area contributed by atoms with Crippen LogP contribution in [-0.2, 0) is 10.0 Å². The minimum atomic E-state index is -3.06. The van der Waals surface area contributed by atoms with Crippen LogP contribution in [0, 0.1) is 0 Å². The zero-order valence-electron chi connectivity index (χ0n) is 11.6. The lowest BCUT2D eigenvalue weighted by atomic mass is 10.0. The number of piperidine rings is 1. The van der Waals surface area contributed by atoms with E-state index < -0.39 is 10.0 Å². The van der Waals surface area contributed by atoms with Crippen molar-refractivity contribution in [2.75, 3.05) is 18.8 Å². The number of rotatable bonds is 9. The van der Waals surface area contributed by atoms with Gasteiger partial charge in [0.25, 0.3) is 0 Å². The van der Waals surface area contributed by atoms with Crippen LogP contribution >= 0.6 is 0 Å². The van der Waals surface area contributed by atoms with E-state index in [1.165, 1.54) is 25.7 Å². The van der Waals surface area contributed by atoms with Gasteiger partial charge in [-0.3, -0.25) is 0 Å². The summed E-state index contributed by atoms with van der Waals surface area (Å²) in [6.07, 6.45) is 8.74. The third-order valence-electron chi connectivity index (χ3n) is 3.50. The van der Waals surface area contributed by atoms with Crippen LogP contribution in [0.15, 0.2) is 0 Å². The zero-order valence-corrected chi connectivity index (χ0v) is 12.4. The molecule has 1 fully saturated rings. The maximum Gasteiger partial charge on any atom is 0.211 e. The summed E-state index contributed by atoms with van der Waals surface area (Å²) < 4.78 is 26.2. The van der Waals surface area contributed by atoms with Gasteiger partial charge < -0.3 is 5.32 Å². The van der Waals surface area contributed by atoms with Crippen LogP contribution in [0.5, 0.6) is 0 Å². The molecule has 0 bridgehead atoms. The normalized spacial score (nSPS) is 21.1. The lowest BCUT2D eigenvalue weighted by Gasteiger charge is -2.23. The summed E-state index contributed by atoms with van der Waals surface area (Å²) >= 11 is 0. The van der Waals surface area contributed by atoms with E-state index >= 15 is 0 Å². The Morgan fingerprint density at radius 3 is 2.72 bits per heavy atom. The molecule has 0 saturated carbocycles. The van der Waals surface area contributed by atoms with Crippen molar-refractivity contribution in [3.05, 3.63) is 0 Å². The molecule has 0 radical (unpaired) electrons. The van der Waals surface area contributed by atoms with Crippen molar-refractivity contribution in [3.63, 3.8) is 0 Å². The highest BCUT2D eigenvalue weighted by Crippen LogP contribution is 2.10. The number of nitrogens with one attached hydrogen (secondary N) is 2. The summed E-state index contributed by atoms with van der Waals surface area (Å²) in [5, 5.41) is 3.38. The summed E-state index contributed by atoms with van der Waals surface area (Å²) in [7, 11) is -3.06. The second kappa shape index (κ2) is 8.88. The second-order valence-electron chi connectivity index (χ2n) is 5.21. The molecule has 0 spiro atoms. The van der Waals surface area contributed by atoms with Crippen molar-refractivity contribution in [2.45, 2.75) is 64.3 Å². The highest BCUT2D eigenvalue weighted by Gasteiger charge is 2.16. The van der Waals surface area contributed by atoms with Crippen molar-refractivity contribution >= 4 is 10.0 Å². The van der Waals surface area contributed by atoms with Crippen LogP contribution in [0.2, 0.25) is 0 Å². The smallest absolute Gasteiger partial charge is 0.211 e. The third-order valence-corrected chi connectivity index (χ3v) is 4.92. The Morgan fingerprint density at radius 2 is 2.06 bits per heavy atom. The molecule has 1 atom stereocenters. The molecule has 0 aromatic heterocycles. The Hall–Kier alpha value is -0.130. The molecule has 18 heavy (non-hydrogen) atoms. The van der Waals surface area contributed by atoms with Crippen molar-refractivity contribution in [2.24, 2.45) is 0 Å². The zero-order chi connectivity index (χ0) is 13.3. The van der Waals surface area contributed by atoms with Gasteiger partial charge in [0.2, 0.25) is 10.0 Å². The van der Waals surface area contributed by atoms with Gasteiger partial charge in [-0.15, -0.1) is 0 Å². The molecule has 1 rings (SSSR count). The van der Waals surface area contributed by atoms with Gasteiger partial charge in [0, 0.05) is 12.6 Å². The average molecular weight is 276 g/mol. The Balaban J connectivity index is 2.10. The molecular weight excluding hydrogens is 248 g/mol. The Bertz CT molecular complexity index is 298. The Labute approximate surface area is 112 Å². The lowest BCUT2D eigenvalue weighted by Crippen LogP contribution is -2.37. The van der Waals surface area contributed by atoms with Gasteiger partial charge in [0.1, 0.15) is 0 Å². The van der Waals surface area contributed by atoms with Gasteiger partial charge in [-0.2, -0.15) is 0 Å². The molecular formula is C13H28N2O2S. The monoisotopic (exact) mass is 276 g/mol. The molecule has 1 heterocycles. The fourth-order valence-electron chi connectivity index (χ4n) is 2.32. The molecule has 0 aromatic rings. The maximum atomic E-state index is 11.8. The van der Waals surface area contributed by atoms with Crippen molar-refractivity contribution in [1.29, 1.82) is 0 Å². The summed E-state index contributed by atoms with van der Waals surface area (Å²) in [5.74, 6) is 0.262. The van der Waals surface area contributed by atoms with Crippen molar-refractivity contribution in [1.82, 2.24) is 10.0 Å². The standard InChI is InChI=1S/C13H28N2O2S/c1-2-3-4-6-11-15-18(16,17)12-9-13-8-5-7-10-14-13/h13-15H,2-12H2,1H3. The van der Waals surface area contributed by atoms with Gasteiger partial charge in [0.15, 0.2) is 0 Å². The van der Waals surface area contributed by atoms with Crippen LogP contribution < -0.4 is 10.0 Å². The number of unbranched alkanes of at least 4 members (excludes halogenated alkanes) is 3. The van der Waals surface area contributed by atoms with E-state index in [1.807, 2.05) is 0 Å². The predicted octanol–water partition coefficient (Wildman–Crippen LogP) is 2.02. The fourth-order valence-corrected chi connectivity index (χ4v) is 3.51. The van der Waals surface area contributed by atoms with Gasteiger partial charge in [-0.25, -0.2) is 13.1 Å². The second-order valence-corrected chi connectivity index (χ2v) is 7.14. The van der Waals surface area contributed by atoms with E-state index in [1.54, 1.807) is 0 Å². The summed E-state index contributed by atoms with van der Waals surface area (Å²) in [4.78, 5) is 0. The van der Waals surface area contributed by atoms with Gasteiger partial charge in [-0.05, 0) is 32.2 Å². The largest absolute Gasteiger partial charge is 0.314 e. The van der Waals surface area contributed by atoms with Gasteiger partial charge in [-0.1, -0.05) is 32.6 Å². The molecule has 2 N–H and O–H groups in total. The lowest BCUT2D eigenvalue weighted by molar-refractivity contribution is 0.392. The molecule has 1 aliphatic rings. The average Bonchev–Trinajstić information content (AvgIpc) is 2.38. The minimum Gasteiger partial charge on any atom is -0.314 e. The van der Waals surface area contributed by atoms with Gasteiger partial charge in [0.05, 0.1) is 5.75 Å². The van der Waals surface area contributed by atoms with Crippen molar-refractivity contribution < 1.29 is 8.42 Å². The van der Waals surface area contributed by atoms with Crippen LogP contribution in [0.25, 0.3) is 0 Å². The molecule has 1 unspecified atom stereocenters. The third kappa shape index (κ3) is 7.34. The van der Waals surface area contributed by atoms with Crippen LogP contribution in [0.3, 0.4) is 0 Å². The highest BCUT2D eigenvalue weighted by atomic mass is 32.2. The molecule has 1 aliphatic heterocycles.